The van der Waals surface area contributed by atoms with Gasteiger partial charge in [-0.05, 0) is 60.1 Å². The lowest BCUT2D eigenvalue weighted by atomic mass is 10.1. The highest BCUT2D eigenvalue weighted by Gasteiger charge is 2.10. The number of esters is 1. The van der Waals surface area contributed by atoms with Crippen LogP contribution in [0.3, 0.4) is 0 Å². The fourth-order valence-electron chi connectivity index (χ4n) is 2.35. The van der Waals surface area contributed by atoms with Crippen molar-refractivity contribution in [1.82, 2.24) is 0 Å². The van der Waals surface area contributed by atoms with E-state index in [-0.39, 0.29) is 12.3 Å². The molecule has 2 rings (SSSR count). The van der Waals surface area contributed by atoms with Gasteiger partial charge in [0.15, 0.2) is 6.61 Å². The first-order valence-electron chi connectivity index (χ1n) is 8.36. The van der Waals surface area contributed by atoms with Gasteiger partial charge in [-0.3, -0.25) is 14.4 Å². The van der Waals surface area contributed by atoms with Gasteiger partial charge in [0, 0.05) is 23.2 Å². The number of hydrogen-bond acceptors (Lipinski definition) is 6. The molecule has 0 aliphatic carbocycles. The highest BCUT2D eigenvalue weighted by molar-refractivity contribution is 8.03. The van der Waals surface area contributed by atoms with Gasteiger partial charge in [-0.1, -0.05) is 12.1 Å². The molecule has 2 N–H and O–H groups in total. The highest BCUT2D eigenvalue weighted by Crippen LogP contribution is 2.23. The monoisotopic (exact) mass is 397 g/mol. The van der Waals surface area contributed by atoms with Crippen molar-refractivity contribution in [3.8, 4) is 5.40 Å². The minimum Gasteiger partial charge on any atom is -0.455 e. The Balaban J connectivity index is 1.81. The molecule has 0 atom stereocenters. The number of nitriles is 1. The van der Waals surface area contributed by atoms with Gasteiger partial charge in [0.2, 0.25) is 5.91 Å². The second kappa shape index (κ2) is 10.1. The van der Waals surface area contributed by atoms with Crippen LogP contribution in [0.4, 0.5) is 11.4 Å². The summed E-state index contributed by atoms with van der Waals surface area (Å²) < 4.78 is 5.01. The maximum atomic E-state index is 12.0. The molecule has 2 aromatic rings. The quantitative estimate of drug-likeness (QED) is 0.422. The predicted molar refractivity (Wildman–Crippen MR) is 107 cm³/mol. The van der Waals surface area contributed by atoms with Crippen molar-refractivity contribution in [1.29, 1.82) is 5.26 Å². The number of nitrogens with zero attached hydrogens (tertiary/aromatic N) is 1. The third-order valence-corrected chi connectivity index (χ3v) is 4.20. The fourth-order valence-corrected chi connectivity index (χ4v) is 2.83. The molecule has 0 aromatic heterocycles. The van der Waals surface area contributed by atoms with E-state index in [0.717, 1.165) is 22.2 Å². The summed E-state index contributed by atoms with van der Waals surface area (Å²) in [5.74, 6) is -1.15. The van der Waals surface area contributed by atoms with E-state index in [0.29, 0.717) is 16.9 Å². The van der Waals surface area contributed by atoms with Crippen molar-refractivity contribution in [3.63, 3.8) is 0 Å². The summed E-state index contributed by atoms with van der Waals surface area (Å²) in [5.41, 5.74) is 2.75. The third kappa shape index (κ3) is 6.78. The van der Waals surface area contributed by atoms with Gasteiger partial charge in [-0.15, -0.1) is 0 Å². The first-order valence-corrected chi connectivity index (χ1v) is 9.17. The van der Waals surface area contributed by atoms with Crippen LogP contribution in [0, 0.1) is 17.6 Å². The molecule has 28 heavy (non-hydrogen) atoms. The number of benzene rings is 2. The van der Waals surface area contributed by atoms with Gasteiger partial charge in [-0.25, -0.2) is 0 Å². The number of rotatable bonds is 7. The number of thioether (sulfide) groups is 1. The first kappa shape index (κ1) is 21.0. The van der Waals surface area contributed by atoms with E-state index in [1.54, 1.807) is 42.5 Å². The normalized spacial score (nSPS) is 9.89. The molecule has 0 bridgehead atoms. The van der Waals surface area contributed by atoms with Crippen LogP contribution in [-0.4, -0.2) is 24.4 Å². The zero-order chi connectivity index (χ0) is 20.5. The molecule has 0 aliphatic heterocycles. The van der Waals surface area contributed by atoms with Gasteiger partial charge in [0.1, 0.15) is 5.40 Å². The van der Waals surface area contributed by atoms with E-state index in [1.165, 1.54) is 6.92 Å². The number of ether oxygens (including phenoxy) is 1. The summed E-state index contributed by atoms with van der Waals surface area (Å²) in [6, 6.07) is 12.0. The highest BCUT2D eigenvalue weighted by atomic mass is 32.2. The topological polar surface area (TPSA) is 108 Å². The van der Waals surface area contributed by atoms with Crippen molar-refractivity contribution in [2.24, 2.45) is 0 Å². The van der Waals surface area contributed by atoms with Crippen LogP contribution in [-0.2, 0) is 25.5 Å². The van der Waals surface area contributed by atoms with Gasteiger partial charge in [0.25, 0.3) is 5.91 Å². The number of anilines is 2. The molecule has 0 radical (unpaired) electrons. The van der Waals surface area contributed by atoms with Gasteiger partial charge in [0.05, 0.1) is 6.42 Å². The molecular formula is C20H19N3O4S. The average Bonchev–Trinajstić information content (AvgIpc) is 2.64. The van der Waals surface area contributed by atoms with E-state index in [2.05, 4.69) is 10.6 Å². The SMILES string of the molecule is CC(=O)Nc1ccc(CC(=O)OCC(=O)Nc2ccc(SC#N)cc2C)cc1. The van der Waals surface area contributed by atoms with Crippen molar-refractivity contribution in [2.45, 2.75) is 25.2 Å². The molecule has 8 heteroatoms. The Morgan fingerprint density at radius 2 is 1.82 bits per heavy atom. The number of thiocyanates is 1. The average molecular weight is 397 g/mol. The van der Waals surface area contributed by atoms with Crippen LogP contribution >= 0.6 is 11.8 Å². The van der Waals surface area contributed by atoms with Crippen molar-refractivity contribution < 1.29 is 19.1 Å². The van der Waals surface area contributed by atoms with Crippen molar-refractivity contribution in [2.75, 3.05) is 17.2 Å². The minimum absolute atomic E-state index is 0.0206. The van der Waals surface area contributed by atoms with E-state index in [9.17, 15) is 14.4 Å². The summed E-state index contributed by atoms with van der Waals surface area (Å²) >= 11 is 1.04. The van der Waals surface area contributed by atoms with Gasteiger partial charge >= 0.3 is 5.97 Å². The molecular weight excluding hydrogens is 378 g/mol. The molecule has 144 valence electrons. The molecule has 2 amide bonds. The standard InChI is InChI=1S/C20H19N3O4S/c1-13-9-17(28-12-21)7-8-18(13)23-19(25)11-27-20(26)10-15-3-5-16(6-4-15)22-14(2)24/h3-9H,10-11H2,1-2H3,(H,22,24)(H,23,25). The van der Waals surface area contributed by atoms with E-state index < -0.39 is 18.5 Å². The van der Waals surface area contributed by atoms with Crippen molar-refractivity contribution >= 4 is 40.9 Å². The number of carbonyl (C=O) groups is 3. The molecule has 2 aromatic carbocycles. The summed E-state index contributed by atoms with van der Waals surface area (Å²) in [4.78, 5) is 35.7. The molecule has 0 heterocycles. The summed E-state index contributed by atoms with van der Waals surface area (Å²) in [5, 5.41) is 16.0. The lowest BCUT2D eigenvalue weighted by Gasteiger charge is -2.10. The van der Waals surface area contributed by atoms with E-state index in [1.807, 2.05) is 12.3 Å². The predicted octanol–water partition coefficient (Wildman–Crippen LogP) is 3.25. The van der Waals surface area contributed by atoms with Gasteiger partial charge in [-0.2, -0.15) is 5.26 Å². The van der Waals surface area contributed by atoms with Crippen LogP contribution in [0.15, 0.2) is 47.4 Å². The first-order chi connectivity index (χ1) is 13.4. The number of hydrogen-bond donors (Lipinski definition) is 2. The Morgan fingerprint density at radius 3 is 2.43 bits per heavy atom. The fraction of sp³-hybridized carbons (Fsp3) is 0.200. The Hall–Kier alpha value is -3.31. The van der Waals surface area contributed by atoms with Gasteiger partial charge < -0.3 is 15.4 Å². The molecule has 0 aliphatic rings. The van der Waals surface area contributed by atoms with Crippen molar-refractivity contribution in [3.05, 3.63) is 53.6 Å². The summed E-state index contributed by atoms with van der Waals surface area (Å²) in [6.45, 7) is 2.84. The lowest BCUT2D eigenvalue weighted by molar-refractivity contribution is -0.146. The largest absolute Gasteiger partial charge is 0.455 e. The molecule has 0 spiro atoms. The van der Waals surface area contributed by atoms with E-state index >= 15 is 0 Å². The Labute approximate surface area is 167 Å². The zero-order valence-electron chi connectivity index (χ0n) is 15.4. The summed E-state index contributed by atoms with van der Waals surface area (Å²) in [7, 11) is 0. The Kier molecular flexibility index (Phi) is 7.60. The Morgan fingerprint density at radius 1 is 1.11 bits per heavy atom. The molecule has 7 nitrogen and oxygen atoms in total. The second-order valence-corrected chi connectivity index (χ2v) is 6.79. The molecule has 0 saturated carbocycles. The molecule has 0 unspecified atom stereocenters. The maximum absolute atomic E-state index is 12.0. The van der Waals surface area contributed by atoms with Crippen LogP contribution in [0.1, 0.15) is 18.1 Å². The lowest BCUT2D eigenvalue weighted by Crippen LogP contribution is -2.22. The van der Waals surface area contributed by atoms with Crippen LogP contribution in [0.5, 0.6) is 0 Å². The Bertz CT molecular complexity index is 920. The van der Waals surface area contributed by atoms with Crippen LogP contribution < -0.4 is 10.6 Å². The third-order valence-electron chi connectivity index (χ3n) is 3.62. The summed E-state index contributed by atoms with van der Waals surface area (Å²) in [6.07, 6.45) is 0.0206. The maximum Gasteiger partial charge on any atom is 0.310 e. The number of amides is 2. The number of nitrogens with one attached hydrogen (secondary N) is 2. The molecule has 0 fully saturated rings. The molecule has 0 saturated heterocycles. The smallest absolute Gasteiger partial charge is 0.310 e. The zero-order valence-corrected chi connectivity index (χ0v) is 16.3. The second-order valence-electron chi connectivity index (χ2n) is 5.93. The minimum atomic E-state index is -0.528. The van der Waals surface area contributed by atoms with Crippen LogP contribution in [0.25, 0.3) is 0 Å². The van der Waals surface area contributed by atoms with Crippen LogP contribution in [0.2, 0.25) is 0 Å². The number of aryl methyl sites for hydroxylation is 1. The van der Waals surface area contributed by atoms with E-state index in [4.69, 9.17) is 10.00 Å². The number of carbonyl (C=O) groups excluding carboxylic acids is 3.